The predicted octanol–water partition coefficient (Wildman–Crippen LogP) is 3.53. The van der Waals surface area contributed by atoms with Gasteiger partial charge in [-0.15, -0.1) is 0 Å². The fourth-order valence-corrected chi connectivity index (χ4v) is 4.50. The molecule has 1 aliphatic carbocycles. The zero-order chi connectivity index (χ0) is 21.0. The molecule has 0 aromatic heterocycles. The molecule has 154 valence electrons. The van der Waals surface area contributed by atoms with Crippen LogP contribution in [-0.2, 0) is 19.7 Å². The van der Waals surface area contributed by atoms with Gasteiger partial charge in [-0.05, 0) is 37.8 Å². The van der Waals surface area contributed by atoms with Crippen LogP contribution in [0.4, 0.5) is 0 Å². The van der Waals surface area contributed by atoms with Gasteiger partial charge < -0.3 is 20.3 Å². The third-order valence-corrected chi connectivity index (χ3v) is 6.05. The lowest BCUT2D eigenvalue weighted by molar-refractivity contribution is -0.139. The number of esters is 1. The van der Waals surface area contributed by atoms with Gasteiger partial charge in [0.1, 0.15) is 17.4 Å². The molecule has 3 rings (SSSR count). The van der Waals surface area contributed by atoms with Gasteiger partial charge in [0, 0.05) is 5.41 Å². The number of nitriles is 1. The van der Waals surface area contributed by atoms with E-state index in [9.17, 15) is 15.2 Å². The van der Waals surface area contributed by atoms with E-state index in [0.717, 1.165) is 36.8 Å². The Kier molecular flexibility index (Phi) is 6.29. The van der Waals surface area contributed by atoms with Crippen LogP contribution in [0.5, 0.6) is 0 Å². The Morgan fingerprint density at radius 3 is 2.72 bits per heavy atom. The van der Waals surface area contributed by atoms with E-state index in [1.165, 1.54) is 6.42 Å². The molecular formula is C23H28N2O4. The van der Waals surface area contributed by atoms with E-state index < -0.39 is 11.9 Å². The van der Waals surface area contributed by atoms with Gasteiger partial charge in [0.2, 0.25) is 5.88 Å². The van der Waals surface area contributed by atoms with Crippen molar-refractivity contribution in [2.24, 2.45) is 5.73 Å². The van der Waals surface area contributed by atoms with Crippen LogP contribution < -0.4 is 5.73 Å². The molecule has 1 aliphatic heterocycles. The highest BCUT2D eigenvalue weighted by Gasteiger charge is 2.38. The van der Waals surface area contributed by atoms with Gasteiger partial charge in [-0.25, -0.2) is 4.79 Å². The number of ether oxygens (including phenoxy) is 2. The molecule has 1 fully saturated rings. The van der Waals surface area contributed by atoms with Crippen molar-refractivity contribution in [1.29, 1.82) is 5.26 Å². The highest BCUT2D eigenvalue weighted by molar-refractivity contribution is 5.92. The van der Waals surface area contributed by atoms with Gasteiger partial charge in [-0.3, -0.25) is 0 Å². The number of carbonyl (C=O) groups excluding carboxylic acids is 1. The lowest BCUT2D eigenvalue weighted by Gasteiger charge is -2.37. The number of rotatable bonds is 5. The van der Waals surface area contributed by atoms with E-state index in [-0.39, 0.29) is 35.7 Å². The third-order valence-electron chi connectivity index (χ3n) is 6.05. The Balaban J connectivity index is 2.11. The zero-order valence-electron chi connectivity index (χ0n) is 17.0. The van der Waals surface area contributed by atoms with Crippen LogP contribution in [0.3, 0.4) is 0 Å². The lowest BCUT2D eigenvalue weighted by atomic mass is 9.69. The number of nitrogens with zero attached hydrogens (tertiary/aromatic N) is 1. The monoisotopic (exact) mass is 396 g/mol. The van der Waals surface area contributed by atoms with E-state index in [0.29, 0.717) is 5.76 Å². The number of carbonyl (C=O) groups is 1. The molecule has 6 nitrogen and oxygen atoms in total. The van der Waals surface area contributed by atoms with E-state index in [2.05, 4.69) is 6.07 Å². The smallest absolute Gasteiger partial charge is 0.338 e. The number of hydrogen-bond acceptors (Lipinski definition) is 6. The lowest BCUT2D eigenvalue weighted by Crippen LogP contribution is -2.33. The summed E-state index contributed by atoms with van der Waals surface area (Å²) in [6, 6.07) is 9.91. The Hall–Kier alpha value is -2.78. The normalized spacial score (nSPS) is 21.4. The molecule has 1 unspecified atom stereocenters. The van der Waals surface area contributed by atoms with Crippen LogP contribution in [0.15, 0.2) is 47.1 Å². The van der Waals surface area contributed by atoms with Crippen LogP contribution in [0, 0.1) is 11.3 Å². The van der Waals surface area contributed by atoms with Crippen molar-refractivity contribution in [1.82, 2.24) is 0 Å². The maximum Gasteiger partial charge on any atom is 0.338 e. The molecule has 1 heterocycles. The van der Waals surface area contributed by atoms with E-state index in [4.69, 9.17) is 15.2 Å². The predicted molar refractivity (Wildman–Crippen MR) is 108 cm³/mol. The molecule has 1 saturated carbocycles. The minimum Gasteiger partial charge on any atom is -0.463 e. The summed E-state index contributed by atoms with van der Waals surface area (Å²) >= 11 is 0. The molecule has 1 aromatic carbocycles. The van der Waals surface area contributed by atoms with E-state index in [1.807, 2.05) is 24.3 Å². The van der Waals surface area contributed by atoms with Gasteiger partial charge in [0.15, 0.2) is 0 Å². The van der Waals surface area contributed by atoms with Gasteiger partial charge in [-0.2, -0.15) is 5.26 Å². The second kappa shape index (κ2) is 8.71. The van der Waals surface area contributed by atoms with Crippen molar-refractivity contribution < 1.29 is 19.4 Å². The standard InChI is InChI=1S/C23H28N2O4/c1-3-28-22(27)19-15(2)29-21(25)18(13-24)20(19)16-8-7-9-17(12-16)23(14-26)10-5-4-6-11-23/h7-9,12,20,26H,3-6,10-11,14,25H2,1-2H3. The Bertz CT molecular complexity index is 888. The molecule has 6 heteroatoms. The third kappa shape index (κ3) is 3.88. The fourth-order valence-electron chi connectivity index (χ4n) is 4.50. The van der Waals surface area contributed by atoms with Crippen molar-refractivity contribution in [2.45, 2.75) is 57.3 Å². The highest BCUT2D eigenvalue weighted by atomic mass is 16.5. The highest BCUT2D eigenvalue weighted by Crippen LogP contribution is 2.43. The number of hydrogen-bond donors (Lipinski definition) is 2. The minimum absolute atomic E-state index is 0.00277. The van der Waals surface area contributed by atoms with Crippen molar-refractivity contribution in [3.63, 3.8) is 0 Å². The number of allylic oxidation sites excluding steroid dienone is 2. The summed E-state index contributed by atoms with van der Waals surface area (Å²) in [6.45, 7) is 3.68. The molecule has 0 bridgehead atoms. The molecule has 1 atom stereocenters. The number of benzene rings is 1. The number of aliphatic hydroxyl groups excluding tert-OH is 1. The molecule has 0 radical (unpaired) electrons. The fraction of sp³-hybridized carbons (Fsp3) is 0.478. The first kappa shape index (κ1) is 20.9. The van der Waals surface area contributed by atoms with Gasteiger partial charge in [0.05, 0.1) is 24.7 Å². The molecule has 29 heavy (non-hydrogen) atoms. The van der Waals surface area contributed by atoms with Crippen LogP contribution >= 0.6 is 0 Å². The summed E-state index contributed by atoms with van der Waals surface area (Å²) in [5.74, 6) is -0.838. The number of aliphatic hydroxyl groups is 1. The summed E-state index contributed by atoms with van der Waals surface area (Å²) in [5.41, 5.74) is 7.98. The first-order chi connectivity index (χ1) is 14.0. The summed E-state index contributed by atoms with van der Waals surface area (Å²) in [5, 5.41) is 19.9. The molecule has 1 aromatic rings. The van der Waals surface area contributed by atoms with Crippen LogP contribution in [-0.4, -0.2) is 24.3 Å². The van der Waals surface area contributed by atoms with Gasteiger partial charge in [0.25, 0.3) is 0 Å². The van der Waals surface area contributed by atoms with Crippen molar-refractivity contribution in [3.8, 4) is 6.07 Å². The Morgan fingerprint density at radius 2 is 2.10 bits per heavy atom. The molecule has 0 spiro atoms. The second-order valence-electron chi connectivity index (χ2n) is 7.74. The topological polar surface area (TPSA) is 106 Å². The SMILES string of the molecule is CCOC(=O)C1=C(C)OC(N)=C(C#N)C1c1cccc(C2(CO)CCCCC2)c1. The maximum atomic E-state index is 12.7. The van der Waals surface area contributed by atoms with Crippen LogP contribution in [0.1, 0.15) is 63.0 Å². The van der Waals surface area contributed by atoms with Gasteiger partial charge >= 0.3 is 5.97 Å². The number of nitrogens with two attached hydrogens (primary N) is 1. The molecule has 0 saturated heterocycles. The van der Waals surface area contributed by atoms with Crippen molar-refractivity contribution in [3.05, 3.63) is 58.2 Å². The minimum atomic E-state index is -0.660. The summed E-state index contributed by atoms with van der Waals surface area (Å²) in [7, 11) is 0. The second-order valence-corrected chi connectivity index (χ2v) is 7.74. The first-order valence-corrected chi connectivity index (χ1v) is 10.1. The average molecular weight is 396 g/mol. The molecular weight excluding hydrogens is 368 g/mol. The van der Waals surface area contributed by atoms with Crippen molar-refractivity contribution in [2.75, 3.05) is 13.2 Å². The van der Waals surface area contributed by atoms with Crippen LogP contribution in [0.25, 0.3) is 0 Å². The quantitative estimate of drug-likeness (QED) is 0.738. The maximum absolute atomic E-state index is 12.7. The average Bonchev–Trinajstić information content (AvgIpc) is 2.74. The van der Waals surface area contributed by atoms with E-state index >= 15 is 0 Å². The largest absolute Gasteiger partial charge is 0.463 e. The summed E-state index contributed by atoms with van der Waals surface area (Å²) in [4.78, 5) is 12.7. The molecule has 3 N–H and O–H groups in total. The Labute approximate surface area is 171 Å². The Morgan fingerprint density at radius 1 is 1.38 bits per heavy atom. The molecule has 2 aliphatic rings. The molecule has 0 amide bonds. The van der Waals surface area contributed by atoms with Crippen LogP contribution in [0.2, 0.25) is 0 Å². The first-order valence-electron chi connectivity index (χ1n) is 10.1. The zero-order valence-corrected chi connectivity index (χ0v) is 17.0. The van der Waals surface area contributed by atoms with Crippen molar-refractivity contribution >= 4 is 5.97 Å². The van der Waals surface area contributed by atoms with Gasteiger partial charge in [-0.1, -0.05) is 43.5 Å². The summed E-state index contributed by atoms with van der Waals surface area (Å²) in [6.07, 6.45) is 5.16. The van der Waals surface area contributed by atoms with E-state index in [1.54, 1.807) is 13.8 Å². The summed E-state index contributed by atoms with van der Waals surface area (Å²) < 4.78 is 10.7.